The predicted octanol–water partition coefficient (Wildman–Crippen LogP) is 0.144. The van der Waals surface area contributed by atoms with Crippen molar-refractivity contribution >= 4 is 0 Å². The molecule has 0 bridgehead atoms. The Bertz CT molecular complexity index is 321. The van der Waals surface area contributed by atoms with Gasteiger partial charge >= 0.3 is 0 Å². The Morgan fingerprint density at radius 1 is 1.64 bits per heavy atom. The second-order valence-corrected chi connectivity index (χ2v) is 2.90. The summed E-state index contributed by atoms with van der Waals surface area (Å²) in [6.45, 7) is 0.715. The highest BCUT2D eigenvalue weighted by molar-refractivity contribution is 5.14. The summed E-state index contributed by atoms with van der Waals surface area (Å²) in [5.74, 6) is 1.48. The largest absolute Gasteiger partial charge is 0.469 e. The molecule has 6 heteroatoms. The van der Waals surface area contributed by atoms with Gasteiger partial charge < -0.3 is 9.73 Å². The van der Waals surface area contributed by atoms with Crippen molar-refractivity contribution < 1.29 is 4.42 Å². The van der Waals surface area contributed by atoms with Crippen molar-refractivity contribution in [1.29, 1.82) is 0 Å². The van der Waals surface area contributed by atoms with Crippen LogP contribution in [0.15, 0.2) is 22.8 Å². The second-order valence-electron chi connectivity index (χ2n) is 2.90. The maximum Gasteiger partial charge on any atom is 0.186 e. The quantitative estimate of drug-likeness (QED) is 0.722. The van der Waals surface area contributed by atoms with Crippen LogP contribution >= 0.6 is 0 Å². The first-order valence-corrected chi connectivity index (χ1v) is 4.33. The average molecular weight is 193 g/mol. The van der Waals surface area contributed by atoms with E-state index in [1.54, 1.807) is 6.26 Å². The Morgan fingerprint density at radius 2 is 2.57 bits per heavy atom. The van der Waals surface area contributed by atoms with E-state index in [-0.39, 0.29) is 5.92 Å². The summed E-state index contributed by atoms with van der Waals surface area (Å²) in [7, 11) is 1.87. The van der Waals surface area contributed by atoms with E-state index in [1.807, 2.05) is 19.2 Å². The monoisotopic (exact) mass is 193 g/mol. The third kappa shape index (κ3) is 1.64. The first-order valence-electron chi connectivity index (χ1n) is 4.33. The van der Waals surface area contributed by atoms with Crippen molar-refractivity contribution in [3.05, 3.63) is 30.0 Å². The second kappa shape index (κ2) is 4.01. The average Bonchev–Trinajstić information content (AvgIpc) is 2.87. The van der Waals surface area contributed by atoms with Crippen LogP contribution in [0.2, 0.25) is 0 Å². The lowest BCUT2D eigenvalue weighted by atomic mass is 10.1. The zero-order valence-electron chi connectivity index (χ0n) is 7.77. The molecule has 0 spiro atoms. The maximum atomic E-state index is 5.31. The molecule has 2 N–H and O–H groups in total. The Labute approximate surface area is 80.7 Å². The summed E-state index contributed by atoms with van der Waals surface area (Å²) < 4.78 is 5.31. The van der Waals surface area contributed by atoms with Gasteiger partial charge in [0.15, 0.2) is 5.82 Å². The molecule has 2 aromatic rings. The van der Waals surface area contributed by atoms with Gasteiger partial charge in [0.2, 0.25) is 0 Å². The minimum Gasteiger partial charge on any atom is -0.469 e. The third-order valence-corrected chi connectivity index (χ3v) is 1.97. The number of furan rings is 1. The number of likely N-dealkylation sites (N-methyl/N-ethyl adjacent to an activating group) is 1. The lowest BCUT2D eigenvalue weighted by Crippen LogP contribution is -2.19. The third-order valence-electron chi connectivity index (χ3n) is 1.97. The molecule has 14 heavy (non-hydrogen) atoms. The number of tetrazole rings is 1. The molecule has 0 amide bonds. The SMILES string of the molecule is CNCC(c1nn[nH]n1)c1ccco1. The van der Waals surface area contributed by atoms with Gasteiger partial charge in [-0.25, -0.2) is 0 Å². The molecule has 0 aliphatic heterocycles. The smallest absolute Gasteiger partial charge is 0.186 e. The fourth-order valence-electron chi connectivity index (χ4n) is 1.33. The zero-order chi connectivity index (χ0) is 9.80. The number of H-pyrrole nitrogens is 1. The lowest BCUT2D eigenvalue weighted by molar-refractivity contribution is 0.469. The van der Waals surface area contributed by atoms with Gasteiger partial charge in [-0.1, -0.05) is 5.21 Å². The lowest BCUT2D eigenvalue weighted by Gasteiger charge is -2.08. The van der Waals surface area contributed by atoms with Crippen molar-refractivity contribution in [3.8, 4) is 0 Å². The first kappa shape index (κ1) is 8.89. The summed E-state index contributed by atoms with van der Waals surface area (Å²) in [4.78, 5) is 0. The van der Waals surface area contributed by atoms with Crippen molar-refractivity contribution in [1.82, 2.24) is 25.9 Å². The number of aromatic nitrogens is 4. The summed E-state index contributed by atoms with van der Waals surface area (Å²) in [6, 6.07) is 3.75. The molecule has 2 rings (SSSR count). The molecule has 0 saturated carbocycles. The van der Waals surface area contributed by atoms with E-state index >= 15 is 0 Å². The Balaban J connectivity index is 2.25. The molecule has 0 saturated heterocycles. The van der Waals surface area contributed by atoms with E-state index in [1.165, 1.54) is 0 Å². The van der Waals surface area contributed by atoms with Crippen LogP contribution in [0.5, 0.6) is 0 Å². The highest BCUT2D eigenvalue weighted by Gasteiger charge is 2.20. The number of nitrogens with one attached hydrogen (secondary N) is 2. The molecule has 2 heterocycles. The van der Waals surface area contributed by atoms with E-state index in [0.29, 0.717) is 12.4 Å². The van der Waals surface area contributed by atoms with Crippen LogP contribution in [0.3, 0.4) is 0 Å². The van der Waals surface area contributed by atoms with Gasteiger partial charge in [-0.05, 0) is 19.2 Å². The van der Waals surface area contributed by atoms with Gasteiger partial charge in [-0.2, -0.15) is 5.21 Å². The fourth-order valence-corrected chi connectivity index (χ4v) is 1.33. The standard InChI is InChI=1S/C8H11N5O/c1-9-5-6(7-3-2-4-14-7)8-10-12-13-11-8/h2-4,6,9H,5H2,1H3,(H,10,11,12,13). The molecule has 6 nitrogen and oxygen atoms in total. The predicted molar refractivity (Wildman–Crippen MR) is 48.7 cm³/mol. The molecule has 0 aliphatic rings. The van der Waals surface area contributed by atoms with E-state index in [9.17, 15) is 0 Å². The summed E-state index contributed by atoms with van der Waals surface area (Å²) in [6.07, 6.45) is 1.64. The van der Waals surface area contributed by atoms with E-state index < -0.39 is 0 Å². The van der Waals surface area contributed by atoms with Crippen LogP contribution in [0.25, 0.3) is 0 Å². The topological polar surface area (TPSA) is 79.6 Å². The molecule has 1 atom stereocenters. The minimum absolute atomic E-state index is 0.00810. The van der Waals surface area contributed by atoms with Gasteiger partial charge in [-0.3, -0.25) is 0 Å². The van der Waals surface area contributed by atoms with E-state index in [0.717, 1.165) is 5.76 Å². The number of aromatic amines is 1. The molecule has 0 aliphatic carbocycles. The van der Waals surface area contributed by atoms with Gasteiger partial charge in [0.1, 0.15) is 5.76 Å². The van der Waals surface area contributed by atoms with E-state index in [2.05, 4.69) is 25.9 Å². The van der Waals surface area contributed by atoms with Crippen molar-refractivity contribution in [3.63, 3.8) is 0 Å². The van der Waals surface area contributed by atoms with Crippen molar-refractivity contribution in [2.24, 2.45) is 0 Å². The summed E-state index contributed by atoms with van der Waals surface area (Å²) in [5.41, 5.74) is 0. The Kier molecular flexibility index (Phi) is 2.55. The van der Waals surface area contributed by atoms with Crippen molar-refractivity contribution in [2.45, 2.75) is 5.92 Å². The molecular weight excluding hydrogens is 182 g/mol. The molecule has 0 aromatic carbocycles. The maximum absolute atomic E-state index is 5.31. The van der Waals surface area contributed by atoms with Crippen molar-refractivity contribution in [2.75, 3.05) is 13.6 Å². The van der Waals surface area contributed by atoms with Crippen LogP contribution in [0.1, 0.15) is 17.5 Å². The number of nitrogens with zero attached hydrogens (tertiary/aromatic N) is 3. The van der Waals surface area contributed by atoms with Gasteiger partial charge in [0.05, 0.1) is 12.2 Å². The molecule has 2 aromatic heterocycles. The zero-order valence-corrected chi connectivity index (χ0v) is 7.77. The van der Waals surface area contributed by atoms with Gasteiger partial charge in [-0.15, -0.1) is 10.2 Å². The van der Waals surface area contributed by atoms with Crippen LogP contribution in [-0.4, -0.2) is 34.2 Å². The summed E-state index contributed by atoms with van der Waals surface area (Å²) >= 11 is 0. The molecule has 0 radical (unpaired) electrons. The van der Waals surface area contributed by atoms with Gasteiger partial charge in [0.25, 0.3) is 0 Å². The Hall–Kier alpha value is -1.69. The van der Waals surface area contributed by atoms with E-state index in [4.69, 9.17) is 4.42 Å². The fraction of sp³-hybridized carbons (Fsp3) is 0.375. The highest BCUT2D eigenvalue weighted by atomic mass is 16.3. The molecule has 74 valence electrons. The number of hydrogen-bond acceptors (Lipinski definition) is 5. The van der Waals surface area contributed by atoms with Gasteiger partial charge in [0, 0.05) is 6.54 Å². The normalized spacial score (nSPS) is 12.9. The Morgan fingerprint density at radius 3 is 3.14 bits per heavy atom. The summed E-state index contributed by atoms with van der Waals surface area (Å²) in [5, 5.41) is 16.9. The van der Waals surface area contributed by atoms with Crippen LogP contribution in [0, 0.1) is 0 Å². The molecule has 1 unspecified atom stereocenters. The van der Waals surface area contributed by atoms with Crippen LogP contribution in [0.4, 0.5) is 0 Å². The van der Waals surface area contributed by atoms with Crippen LogP contribution in [-0.2, 0) is 0 Å². The molecular formula is C8H11N5O. The van der Waals surface area contributed by atoms with Crippen LogP contribution < -0.4 is 5.32 Å². The number of rotatable bonds is 4. The first-order chi connectivity index (χ1) is 6.92. The molecule has 0 fully saturated rings. The highest BCUT2D eigenvalue weighted by Crippen LogP contribution is 2.20. The minimum atomic E-state index is 0.00810. The number of hydrogen-bond donors (Lipinski definition) is 2.